The molecule has 0 spiro atoms. The summed E-state index contributed by atoms with van der Waals surface area (Å²) in [6.45, 7) is 0. The highest BCUT2D eigenvalue weighted by Gasteiger charge is 2.37. The zero-order valence-corrected chi connectivity index (χ0v) is 13.3. The predicted molar refractivity (Wildman–Crippen MR) is 92.1 cm³/mol. The third-order valence-electron chi connectivity index (χ3n) is 5.30. The SMILES string of the molecule is FC(F)(F)c1ccc(-c2cc3c(c4cccnc24)C2=CCCC23)cc1. The third kappa shape index (κ3) is 2.06. The molecular weight excluding hydrogens is 323 g/mol. The van der Waals surface area contributed by atoms with Gasteiger partial charge in [0.2, 0.25) is 0 Å². The summed E-state index contributed by atoms with van der Waals surface area (Å²) in [6.07, 6.45) is 1.94. The Morgan fingerprint density at radius 2 is 1.84 bits per heavy atom. The molecule has 2 aliphatic rings. The van der Waals surface area contributed by atoms with E-state index >= 15 is 0 Å². The van der Waals surface area contributed by atoms with Gasteiger partial charge in [0.1, 0.15) is 0 Å². The van der Waals surface area contributed by atoms with Gasteiger partial charge in [-0.05, 0) is 59.4 Å². The van der Waals surface area contributed by atoms with Crippen LogP contribution in [-0.2, 0) is 6.18 Å². The number of hydrogen-bond acceptors (Lipinski definition) is 1. The summed E-state index contributed by atoms with van der Waals surface area (Å²) >= 11 is 0. The Labute approximate surface area is 142 Å². The Balaban J connectivity index is 1.72. The fourth-order valence-corrected chi connectivity index (χ4v) is 4.15. The molecule has 124 valence electrons. The van der Waals surface area contributed by atoms with E-state index in [0.29, 0.717) is 5.92 Å². The Hall–Kier alpha value is -2.62. The summed E-state index contributed by atoms with van der Waals surface area (Å²) in [5, 5.41) is 1.10. The molecule has 0 amide bonds. The molecule has 0 saturated carbocycles. The molecule has 2 aromatic carbocycles. The van der Waals surface area contributed by atoms with Crippen LogP contribution in [-0.4, -0.2) is 4.98 Å². The Morgan fingerprint density at radius 1 is 1.04 bits per heavy atom. The van der Waals surface area contributed by atoms with Gasteiger partial charge in [0.15, 0.2) is 0 Å². The van der Waals surface area contributed by atoms with Crippen molar-refractivity contribution in [3.05, 3.63) is 71.4 Å². The number of allylic oxidation sites excluding steroid dienone is 2. The maximum absolute atomic E-state index is 12.8. The highest BCUT2D eigenvalue weighted by atomic mass is 19.4. The van der Waals surface area contributed by atoms with Crippen LogP contribution in [0.25, 0.3) is 27.6 Å². The lowest BCUT2D eigenvalue weighted by Gasteiger charge is -2.32. The molecule has 0 bridgehead atoms. The van der Waals surface area contributed by atoms with Gasteiger partial charge in [0, 0.05) is 23.1 Å². The highest BCUT2D eigenvalue weighted by molar-refractivity contribution is 6.07. The molecule has 0 N–H and O–H groups in total. The second-order valence-corrected chi connectivity index (χ2v) is 6.65. The fraction of sp³-hybridized carbons (Fsp3) is 0.190. The molecule has 0 radical (unpaired) electrons. The lowest BCUT2D eigenvalue weighted by atomic mass is 9.71. The molecule has 0 fully saturated rings. The third-order valence-corrected chi connectivity index (χ3v) is 5.30. The number of benzene rings is 2. The van der Waals surface area contributed by atoms with Gasteiger partial charge in [-0.3, -0.25) is 4.98 Å². The fourth-order valence-electron chi connectivity index (χ4n) is 4.15. The standard InChI is InChI=1S/C21H14F3N/c22-21(23,24)13-8-6-12(7-9-13)17-11-18-14-3-1-4-15(14)19(18)16-5-2-10-25-20(16)17/h2,4-11,14H,1,3H2. The van der Waals surface area contributed by atoms with Crippen LogP contribution in [0.1, 0.15) is 35.4 Å². The van der Waals surface area contributed by atoms with Gasteiger partial charge >= 0.3 is 6.18 Å². The van der Waals surface area contributed by atoms with Crippen molar-refractivity contribution in [2.45, 2.75) is 24.9 Å². The number of rotatable bonds is 1. The molecule has 0 aliphatic heterocycles. The van der Waals surface area contributed by atoms with E-state index in [1.807, 2.05) is 6.07 Å². The molecule has 3 aromatic rings. The van der Waals surface area contributed by atoms with E-state index in [9.17, 15) is 13.2 Å². The number of nitrogens with zero attached hydrogens (tertiary/aromatic N) is 1. The summed E-state index contributed by atoms with van der Waals surface area (Å²) in [5.41, 5.74) is 5.90. The van der Waals surface area contributed by atoms with E-state index in [4.69, 9.17) is 0 Å². The molecule has 5 rings (SSSR count). The minimum absolute atomic E-state index is 0.479. The zero-order valence-electron chi connectivity index (χ0n) is 13.3. The van der Waals surface area contributed by atoms with Crippen molar-refractivity contribution < 1.29 is 13.2 Å². The molecule has 25 heavy (non-hydrogen) atoms. The van der Waals surface area contributed by atoms with Gasteiger partial charge in [-0.1, -0.05) is 24.3 Å². The molecule has 1 atom stereocenters. The first-order valence-electron chi connectivity index (χ1n) is 8.34. The Bertz CT molecular complexity index is 1030. The van der Waals surface area contributed by atoms with Gasteiger partial charge in [-0.2, -0.15) is 13.2 Å². The van der Waals surface area contributed by atoms with Crippen LogP contribution in [0.15, 0.2) is 54.7 Å². The lowest BCUT2D eigenvalue weighted by molar-refractivity contribution is -0.137. The Kier molecular flexibility index (Phi) is 2.91. The maximum atomic E-state index is 12.8. The van der Waals surface area contributed by atoms with Crippen LogP contribution in [0.3, 0.4) is 0 Å². The Morgan fingerprint density at radius 3 is 2.60 bits per heavy atom. The summed E-state index contributed by atoms with van der Waals surface area (Å²) in [5.74, 6) is 0.479. The van der Waals surface area contributed by atoms with Gasteiger partial charge < -0.3 is 0 Å². The van der Waals surface area contributed by atoms with Gasteiger partial charge in [-0.25, -0.2) is 0 Å². The smallest absolute Gasteiger partial charge is 0.256 e. The first kappa shape index (κ1) is 14.7. The van der Waals surface area contributed by atoms with Crippen molar-refractivity contribution >= 4 is 16.5 Å². The molecule has 0 saturated heterocycles. The predicted octanol–water partition coefficient (Wildman–Crippen LogP) is 6.20. The van der Waals surface area contributed by atoms with E-state index in [1.54, 1.807) is 18.3 Å². The van der Waals surface area contributed by atoms with Crippen LogP contribution in [0.2, 0.25) is 0 Å². The van der Waals surface area contributed by atoms with Crippen LogP contribution < -0.4 is 0 Å². The largest absolute Gasteiger partial charge is 0.416 e. The number of halogens is 3. The highest BCUT2D eigenvalue weighted by Crippen LogP contribution is 2.56. The van der Waals surface area contributed by atoms with E-state index in [2.05, 4.69) is 23.2 Å². The minimum Gasteiger partial charge on any atom is -0.256 e. The topological polar surface area (TPSA) is 12.9 Å². The summed E-state index contributed by atoms with van der Waals surface area (Å²) in [7, 11) is 0. The molecule has 2 aliphatic carbocycles. The first-order chi connectivity index (χ1) is 12.0. The monoisotopic (exact) mass is 337 g/mol. The van der Waals surface area contributed by atoms with Crippen molar-refractivity contribution in [2.24, 2.45) is 0 Å². The van der Waals surface area contributed by atoms with Gasteiger partial charge in [0.25, 0.3) is 0 Å². The van der Waals surface area contributed by atoms with Crippen molar-refractivity contribution in [1.82, 2.24) is 4.98 Å². The molecular formula is C21H14F3N. The quantitative estimate of drug-likeness (QED) is 0.515. The number of pyridine rings is 1. The van der Waals surface area contributed by atoms with Crippen LogP contribution in [0, 0.1) is 0 Å². The second kappa shape index (κ2) is 4.94. The number of hydrogen-bond donors (Lipinski definition) is 0. The van der Waals surface area contributed by atoms with E-state index < -0.39 is 11.7 Å². The van der Waals surface area contributed by atoms with Crippen molar-refractivity contribution in [3.63, 3.8) is 0 Å². The van der Waals surface area contributed by atoms with Crippen LogP contribution >= 0.6 is 0 Å². The maximum Gasteiger partial charge on any atom is 0.416 e. The van der Waals surface area contributed by atoms with Crippen molar-refractivity contribution in [1.29, 1.82) is 0 Å². The van der Waals surface area contributed by atoms with E-state index in [1.165, 1.54) is 16.7 Å². The molecule has 1 aromatic heterocycles. The summed E-state index contributed by atoms with van der Waals surface area (Å²) in [6, 6.07) is 11.5. The first-order valence-corrected chi connectivity index (χ1v) is 8.34. The van der Waals surface area contributed by atoms with Crippen molar-refractivity contribution in [2.75, 3.05) is 0 Å². The molecule has 1 nitrogen and oxygen atoms in total. The van der Waals surface area contributed by atoms with E-state index in [0.717, 1.165) is 47.0 Å². The van der Waals surface area contributed by atoms with Gasteiger partial charge in [0.05, 0.1) is 11.1 Å². The van der Waals surface area contributed by atoms with Crippen LogP contribution in [0.5, 0.6) is 0 Å². The van der Waals surface area contributed by atoms with Gasteiger partial charge in [-0.15, -0.1) is 0 Å². The molecule has 4 heteroatoms. The average Bonchev–Trinajstić information content (AvgIpc) is 3.01. The average molecular weight is 337 g/mol. The normalized spacial score (nSPS) is 18.5. The van der Waals surface area contributed by atoms with Crippen LogP contribution in [0.4, 0.5) is 13.2 Å². The van der Waals surface area contributed by atoms with Crippen molar-refractivity contribution in [3.8, 4) is 11.1 Å². The number of aromatic nitrogens is 1. The zero-order chi connectivity index (χ0) is 17.2. The number of fused-ring (bicyclic) bond motifs is 6. The second-order valence-electron chi connectivity index (χ2n) is 6.65. The molecule has 1 unspecified atom stereocenters. The lowest BCUT2D eigenvalue weighted by Crippen LogP contribution is -2.14. The number of alkyl halides is 3. The summed E-state index contributed by atoms with van der Waals surface area (Å²) < 4.78 is 38.5. The molecule has 1 heterocycles. The van der Waals surface area contributed by atoms with E-state index in [-0.39, 0.29) is 0 Å². The minimum atomic E-state index is -4.32. The summed E-state index contributed by atoms with van der Waals surface area (Å²) in [4.78, 5) is 4.53.